The largest absolute Gasteiger partial charge is 0.395 e. The molecule has 0 aliphatic carbocycles. The van der Waals surface area contributed by atoms with Gasteiger partial charge in [0.2, 0.25) is 8.41 Å². The van der Waals surface area contributed by atoms with Crippen LogP contribution < -0.4 is 4.90 Å². The van der Waals surface area contributed by atoms with Crippen molar-refractivity contribution in [3.63, 3.8) is 0 Å². The fourth-order valence-electron chi connectivity index (χ4n) is 6.29. The summed E-state index contributed by atoms with van der Waals surface area (Å²) in [6.45, 7) is 5.78. The molecule has 0 bridgehead atoms. The number of ether oxygens (including phenoxy) is 1. The van der Waals surface area contributed by atoms with Gasteiger partial charge in [0.05, 0.1) is 30.0 Å². The van der Waals surface area contributed by atoms with Crippen LogP contribution in [0.25, 0.3) is 0 Å². The Bertz CT molecular complexity index is 1300. The minimum absolute atomic E-state index is 0.0774. The highest BCUT2D eigenvalue weighted by Crippen LogP contribution is 2.60. The van der Waals surface area contributed by atoms with E-state index < -0.39 is 20.1 Å². The zero-order chi connectivity index (χ0) is 26.5. The molecular formula is C27H32FIN4O3Si. The molecule has 0 radical (unpaired) electrons. The average Bonchev–Trinajstić information content (AvgIpc) is 3.50. The zero-order valence-electron chi connectivity index (χ0n) is 21.4. The Hall–Kier alpha value is -2.15. The molecule has 3 heterocycles. The molecule has 3 aromatic rings. The number of rotatable bonds is 7. The van der Waals surface area contributed by atoms with E-state index in [-0.39, 0.29) is 29.9 Å². The maximum Gasteiger partial charge on any atom is 0.264 e. The van der Waals surface area contributed by atoms with Gasteiger partial charge < -0.3 is 18.9 Å². The van der Waals surface area contributed by atoms with Crippen molar-refractivity contribution in [2.45, 2.75) is 56.1 Å². The fourth-order valence-corrected chi connectivity index (χ4v) is 9.33. The van der Waals surface area contributed by atoms with Gasteiger partial charge in [-0.25, -0.2) is 0 Å². The molecule has 1 unspecified atom stereocenters. The van der Waals surface area contributed by atoms with Crippen molar-refractivity contribution in [2.75, 3.05) is 18.6 Å². The van der Waals surface area contributed by atoms with Crippen LogP contribution in [0.5, 0.6) is 0 Å². The van der Waals surface area contributed by atoms with Gasteiger partial charge >= 0.3 is 0 Å². The fraction of sp³-hybridized carbons (Fsp3) is 0.444. The Balaban J connectivity index is 1.42. The van der Waals surface area contributed by atoms with Crippen molar-refractivity contribution >= 4 is 42.6 Å². The third kappa shape index (κ3) is 4.45. The number of nitrogens with zero attached hydrogens (tertiary/aromatic N) is 4. The molecule has 1 fully saturated rings. The monoisotopic (exact) mass is 634 g/mol. The number of amides is 1. The summed E-state index contributed by atoms with van der Waals surface area (Å²) in [4.78, 5) is 15.3. The van der Waals surface area contributed by atoms with Crippen LogP contribution in [0.4, 0.5) is 9.80 Å². The second-order valence-corrected chi connectivity index (χ2v) is 15.7. The summed E-state index contributed by atoms with van der Waals surface area (Å²) >= 11 is 2.24. The van der Waals surface area contributed by atoms with Gasteiger partial charge in [-0.15, -0.1) is 5.10 Å². The number of hydrogen-bond acceptors (Lipinski definition) is 5. The predicted octanol–water partition coefficient (Wildman–Crippen LogP) is 4.85. The zero-order valence-corrected chi connectivity index (χ0v) is 24.6. The number of halogens is 2. The predicted molar refractivity (Wildman–Crippen MR) is 151 cm³/mol. The van der Waals surface area contributed by atoms with Gasteiger partial charge in [-0.2, -0.15) is 0 Å². The van der Waals surface area contributed by atoms with E-state index in [1.165, 1.54) is 0 Å². The molecule has 2 aromatic carbocycles. The van der Waals surface area contributed by atoms with Crippen molar-refractivity contribution in [3.05, 3.63) is 75.1 Å². The van der Waals surface area contributed by atoms with E-state index in [1.54, 1.807) is 29.7 Å². The molecule has 7 nitrogen and oxygen atoms in total. The minimum atomic E-state index is -3.21. The lowest BCUT2D eigenvalue weighted by Gasteiger charge is -2.31. The van der Waals surface area contributed by atoms with Crippen molar-refractivity contribution in [3.8, 4) is 0 Å². The summed E-state index contributed by atoms with van der Waals surface area (Å²) in [6, 6.07) is 15.6. The smallest absolute Gasteiger partial charge is 0.264 e. The number of likely N-dealkylation sites (N-methyl/N-ethyl adjacent to an activating group) is 1. The molecule has 5 rings (SSSR count). The van der Waals surface area contributed by atoms with Crippen LogP contribution >= 0.6 is 22.6 Å². The second-order valence-electron chi connectivity index (χ2n) is 10.6. The Morgan fingerprint density at radius 1 is 1.24 bits per heavy atom. The molecule has 2 aliphatic rings. The molecule has 1 N–H and O–H groups in total. The molecule has 1 spiro atoms. The quantitative estimate of drug-likeness (QED) is 0.229. The van der Waals surface area contributed by atoms with E-state index in [4.69, 9.17) is 4.74 Å². The van der Waals surface area contributed by atoms with Gasteiger partial charge in [0.15, 0.2) is 5.60 Å². The first-order valence-corrected chi connectivity index (χ1v) is 16.6. The van der Waals surface area contributed by atoms with Crippen LogP contribution in [0.15, 0.2) is 54.7 Å². The second kappa shape index (κ2) is 9.86. The summed E-state index contributed by atoms with van der Waals surface area (Å²) in [7, 11) is -1.44. The van der Waals surface area contributed by atoms with E-state index in [0.717, 1.165) is 20.4 Å². The maximum absolute atomic E-state index is 15.8. The van der Waals surface area contributed by atoms with Gasteiger partial charge in [-0.3, -0.25) is 9.48 Å². The van der Waals surface area contributed by atoms with Crippen LogP contribution in [-0.2, 0) is 21.7 Å². The molecule has 5 atom stereocenters. The molecule has 10 heteroatoms. The first-order chi connectivity index (χ1) is 17.6. The normalized spacial score (nSPS) is 26.2. The highest BCUT2D eigenvalue weighted by Gasteiger charge is 2.66. The van der Waals surface area contributed by atoms with Gasteiger partial charge in [0, 0.05) is 40.4 Å². The van der Waals surface area contributed by atoms with E-state index in [2.05, 4.69) is 32.9 Å². The number of anilines is 1. The minimum Gasteiger partial charge on any atom is -0.395 e. The Labute approximate surface area is 231 Å². The highest BCUT2D eigenvalue weighted by atomic mass is 127. The summed E-state index contributed by atoms with van der Waals surface area (Å²) in [5.74, 6) is -0.697. The Morgan fingerprint density at radius 3 is 2.65 bits per heavy atom. The van der Waals surface area contributed by atoms with Crippen LogP contribution in [0.2, 0.25) is 18.6 Å². The summed E-state index contributed by atoms with van der Waals surface area (Å²) in [5, 5.41) is 18.6. The van der Waals surface area contributed by atoms with Gasteiger partial charge in [0.25, 0.3) is 5.91 Å². The van der Waals surface area contributed by atoms with E-state index in [0.29, 0.717) is 18.7 Å². The molecule has 37 heavy (non-hydrogen) atoms. The SMILES string of the molecule is C[C@@H]1[C@@H]([Si](C)(C)F)[C@H](CCn2cc(C(CO)c3ccccc3)nn2)O[C@@]12C(=O)N(C)c1ccc(I)cc12. The first kappa shape index (κ1) is 26.5. The van der Waals surface area contributed by atoms with Crippen molar-refractivity contribution in [1.82, 2.24) is 15.0 Å². The van der Waals surface area contributed by atoms with Crippen molar-refractivity contribution < 1.29 is 18.7 Å². The number of carbonyl (C=O) groups is 1. The van der Waals surface area contributed by atoms with Crippen molar-refractivity contribution in [1.29, 1.82) is 0 Å². The number of carbonyl (C=O) groups excluding carboxylic acids is 1. The molecular weight excluding hydrogens is 602 g/mol. The highest BCUT2D eigenvalue weighted by molar-refractivity contribution is 14.1. The first-order valence-electron chi connectivity index (χ1n) is 12.6. The van der Waals surface area contributed by atoms with E-state index >= 15 is 4.11 Å². The number of aliphatic hydroxyl groups excluding tert-OH is 1. The molecule has 2 aliphatic heterocycles. The van der Waals surface area contributed by atoms with E-state index in [9.17, 15) is 9.90 Å². The third-order valence-electron chi connectivity index (χ3n) is 7.99. The van der Waals surface area contributed by atoms with Crippen molar-refractivity contribution in [2.24, 2.45) is 5.92 Å². The third-order valence-corrected chi connectivity index (χ3v) is 11.1. The van der Waals surface area contributed by atoms with Crippen LogP contribution in [-0.4, -0.2) is 54.2 Å². The average molecular weight is 635 g/mol. The number of aliphatic hydroxyl groups is 1. The number of benzene rings is 2. The van der Waals surface area contributed by atoms with Gasteiger partial charge in [0.1, 0.15) is 0 Å². The summed E-state index contributed by atoms with van der Waals surface area (Å²) in [5.41, 5.74) is 1.77. The Morgan fingerprint density at radius 2 is 1.97 bits per heavy atom. The van der Waals surface area contributed by atoms with Crippen LogP contribution in [0, 0.1) is 9.49 Å². The topological polar surface area (TPSA) is 80.5 Å². The van der Waals surface area contributed by atoms with Gasteiger partial charge in [-0.05, 0) is 65.9 Å². The molecule has 196 valence electrons. The van der Waals surface area contributed by atoms with E-state index in [1.807, 2.05) is 61.7 Å². The molecule has 0 saturated carbocycles. The lowest BCUT2D eigenvalue weighted by atomic mass is 9.82. The number of fused-ring (bicyclic) bond motifs is 2. The number of aryl methyl sites for hydroxylation is 1. The Kier molecular flexibility index (Phi) is 7.05. The molecule has 1 amide bonds. The summed E-state index contributed by atoms with van der Waals surface area (Å²) < 4.78 is 25.3. The standard InChI is InChI=1S/C27H32FIN4O3Si/c1-17-25(37(3,4)28)24(36-27(17)21-14-19(29)10-11-23(21)32(2)26(27)35)12-13-33-15-22(30-31-33)20(16-34)18-8-6-5-7-9-18/h5-11,14-15,17,20,24-25,34H,12-13,16H2,1-4H3/t17-,20?,24+,25-,27+/m1/s1. The molecule has 1 saturated heterocycles. The van der Waals surface area contributed by atoms with Gasteiger partial charge in [-0.1, -0.05) is 42.5 Å². The molecule has 1 aromatic heterocycles. The lowest BCUT2D eigenvalue weighted by Crippen LogP contribution is -2.44. The number of hydrogen-bond donors (Lipinski definition) is 1. The lowest BCUT2D eigenvalue weighted by molar-refractivity contribution is -0.145. The van der Waals surface area contributed by atoms with Crippen LogP contribution in [0.3, 0.4) is 0 Å². The maximum atomic E-state index is 15.8. The van der Waals surface area contributed by atoms with Crippen LogP contribution in [0.1, 0.15) is 36.1 Å². The number of aromatic nitrogens is 3. The summed E-state index contributed by atoms with van der Waals surface area (Å²) in [6.07, 6.45) is 1.91.